The van der Waals surface area contributed by atoms with Crippen LogP contribution in [-0.4, -0.2) is 17.1 Å². The summed E-state index contributed by atoms with van der Waals surface area (Å²) in [5.41, 5.74) is 1.78. The van der Waals surface area contributed by atoms with Crippen molar-refractivity contribution in [3.8, 4) is 11.5 Å². The predicted octanol–water partition coefficient (Wildman–Crippen LogP) is 2.60. The first-order chi connectivity index (χ1) is 10.1. The number of nitro benzene ring substituents is 1. The fourth-order valence-electron chi connectivity index (χ4n) is 1.97. The molecule has 0 unspecified atom stereocenters. The molecule has 0 spiro atoms. The number of aromatic hydroxyl groups is 1. The SMILES string of the molecule is COc1ccc([N+](=O)[O-])cc1CNCc1ccc(O)cc1. The molecule has 2 rings (SSSR count). The Morgan fingerprint density at radius 1 is 1.19 bits per heavy atom. The minimum Gasteiger partial charge on any atom is -0.508 e. The van der Waals surface area contributed by atoms with Crippen LogP contribution in [0.15, 0.2) is 42.5 Å². The highest BCUT2D eigenvalue weighted by Gasteiger charge is 2.10. The molecule has 0 fully saturated rings. The topological polar surface area (TPSA) is 84.6 Å². The van der Waals surface area contributed by atoms with Gasteiger partial charge in [0.25, 0.3) is 5.69 Å². The number of non-ortho nitro benzene ring substituents is 1. The third-order valence-electron chi connectivity index (χ3n) is 3.06. The van der Waals surface area contributed by atoms with Gasteiger partial charge in [0.15, 0.2) is 0 Å². The summed E-state index contributed by atoms with van der Waals surface area (Å²) >= 11 is 0. The van der Waals surface area contributed by atoms with E-state index in [0.717, 1.165) is 11.1 Å². The molecule has 0 aliphatic heterocycles. The Bertz CT molecular complexity index is 626. The summed E-state index contributed by atoms with van der Waals surface area (Å²) in [6.45, 7) is 1.04. The number of rotatable bonds is 6. The average molecular weight is 288 g/mol. The number of hydrogen-bond acceptors (Lipinski definition) is 5. The van der Waals surface area contributed by atoms with Crippen LogP contribution in [0.25, 0.3) is 0 Å². The number of methoxy groups -OCH3 is 1. The van der Waals surface area contributed by atoms with Crippen LogP contribution in [0, 0.1) is 10.1 Å². The minimum absolute atomic E-state index is 0.0391. The van der Waals surface area contributed by atoms with Gasteiger partial charge in [0.1, 0.15) is 11.5 Å². The maximum absolute atomic E-state index is 10.8. The number of nitro groups is 1. The van der Waals surface area contributed by atoms with Crippen LogP contribution in [-0.2, 0) is 13.1 Å². The van der Waals surface area contributed by atoms with Gasteiger partial charge < -0.3 is 15.2 Å². The lowest BCUT2D eigenvalue weighted by atomic mass is 10.1. The number of phenolic OH excluding ortho intramolecular Hbond substituents is 1. The van der Waals surface area contributed by atoms with E-state index >= 15 is 0 Å². The van der Waals surface area contributed by atoms with Gasteiger partial charge in [-0.2, -0.15) is 0 Å². The van der Waals surface area contributed by atoms with Crippen LogP contribution in [0.2, 0.25) is 0 Å². The quantitative estimate of drug-likeness (QED) is 0.630. The van der Waals surface area contributed by atoms with E-state index in [4.69, 9.17) is 4.74 Å². The summed E-state index contributed by atoms with van der Waals surface area (Å²) in [6.07, 6.45) is 0. The summed E-state index contributed by atoms with van der Waals surface area (Å²) in [5.74, 6) is 0.831. The Kier molecular flexibility index (Phi) is 4.73. The molecule has 2 aromatic carbocycles. The molecule has 0 saturated carbocycles. The average Bonchev–Trinajstić information content (AvgIpc) is 2.49. The fraction of sp³-hybridized carbons (Fsp3) is 0.200. The zero-order valence-electron chi connectivity index (χ0n) is 11.6. The van der Waals surface area contributed by atoms with E-state index in [2.05, 4.69) is 5.32 Å². The van der Waals surface area contributed by atoms with Crippen LogP contribution in [0.1, 0.15) is 11.1 Å². The summed E-state index contributed by atoms with van der Waals surface area (Å²) in [4.78, 5) is 10.4. The Morgan fingerprint density at radius 3 is 2.52 bits per heavy atom. The fourth-order valence-corrected chi connectivity index (χ4v) is 1.97. The van der Waals surface area contributed by atoms with Gasteiger partial charge in [-0.1, -0.05) is 12.1 Å². The second-order valence-electron chi connectivity index (χ2n) is 4.52. The van der Waals surface area contributed by atoms with Crippen LogP contribution >= 0.6 is 0 Å². The van der Waals surface area contributed by atoms with Crippen molar-refractivity contribution >= 4 is 5.69 Å². The van der Waals surface area contributed by atoms with Crippen LogP contribution in [0.3, 0.4) is 0 Å². The smallest absolute Gasteiger partial charge is 0.270 e. The molecule has 0 aromatic heterocycles. The van der Waals surface area contributed by atoms with Gasteiger partial charge in [0, 0.05) is 30.8 Å². The van der Waals surface area contributed by atoms with Crippen molar-refractivity contribution in [1.29, 1.82) is 0 Å². The molecule has 0 saturated heterocycles. The molecular weight excluding hydrogens is 272 g/mol. The maximum Gasteiger partial charge on any atom is 0.270 e. The van der Waals surface area contributed by atoms with Crippen LogP contribution < -0.4 is 10.1 Å². The summed E-state index contributed by atoms with van der Waals surface area (Å²) in [7, 11) is 1.53. The first-order valence-electron chi connectivity index (χ1n) is 6.40. The molecule has 0 heterocycles. The Labute approximate surface area is 122 Å². The molecule has 0 atom stereocenters. The minimum atomic E-state index is -0.428. The Balaban J connectivity index is 2.03. The number of hydrogen-bond donors (Lipinski definition) is 2. The van der Waals surface area contributed by atoms with E-state index in [9.17, 15) is 15.2 Å². The summed E-state index contributed by atoms with van der Waals surface area (Å²) in [5, 5.41) is 23.2. The lowest BCUT2D eigenvalue weighted by molar-refractivity contribution is -0.384. The molecule has 0 bridgehead atoms. The van der Waals surface area contributed by atoms with E-state index in [0.29, 0.717) is 18.8 Å². The third kappa shape index (κ3) is 3.93. The van der Waals surface area contributed by atoms with Crippen molar-refractivity contribution < 1.29 is 14.8 Å². The molecule has 0 radical (unpaired) electrons. The van der Waals surface area contributed by atoms with Gasteiger partial charge in [-0.3, -0.25) is 10.1 Å². The third-order valence-corrected chi connectivity index (χ3v) is 3.06. The number of nitrogens with one attached hydrogen (secondary N) is 1. The van der Waals surface area contributed by atoms with Crippen molar-refractivity contribution in [1.82, 2.24) is 5.32 Å². The van der Waals surface area contributed by atoms with Gasteiger partial charge >= 0.3 is 0 Å². The van der Waals surface area contributed by atoms with Crippen molar-refractivity contribution in [2.24, 2.45) is 0 Å². The molecule has 0 aliphatic rings. The van der Waals surface area contributed by atoms with Gasteiger partial charge in [0.2, 0.25) is 0 Å². The second-order valence-corrected chi connectivity index (χ2v) is 4.52. The molecule has 6 nitrogen and oxygen atoms in total. The number of benzene rings is 2. The molecule has 0 amide bonds. The zero-order chi connectivity index (χ0) is 15.2. The van der Waals surface area contributed by atoms with Gasteiger partial charge in [-0.25, -0.2) is 0 Å². The van der Waals surface area contributed by atoms with Crippen LogP contribution in [0.5, 0.6) is 11.5 Å². The van der Waals surface area contributed by atoms with E-state index in [1.807, 2.05) is 12.1 Å². The normalized spacial score (nSPS) is 10.3. The highest BCUT2D eigenvalue weighted by molar-refractivity contribution is 5.43. The highest BCUT2D eigenvalue weighted by atomic mass is 16.6. The Hall–Kier alpha value is -2.60. The highest BCUT2D eigenvalue weighted by Crippen LogP contribution is 2.23. The standard InChI is InChI=1S/C15H16N2O4/c1-21-15-7-4-13(17(19)20)8-12(15)10-16-9-11-2-5-14(18)6-3-11/h2-8,16,18H,9-10H2,1H3. The van der Waals surface area contributed by atoms with E-state index in [1.165, 1.54) is 19.2 Å². The molecule has 21 heavy (non-hydrogen) atoms. The van der Waals surface area contributed by atoms with Crippen molar-refractivity contribution in [2.45, 2.75) is 13.1 Å². The van der Waals surface area contributed by atoms with Gasteiger partial charge in [-0.15, -0.1) is 0 Å². The van der Waals surface area contributed by atoms with Crippen molar-refractivity contribution in [3.63, 3.8) is 0 Å². The number of nitrogens with zero attached hydrogens (tertiary/aromatic N) is 1. The van der Waals surface area contributed by atoms with E-state index in [-0.39, 0.29) is 11.4 Å². The lowest BCUT2D eigenvalue weighted by Gasteiger charge is -2.09. The molecule has 2 aromatic rings. The van der Waals surface area contributed by atoms with E-state index < -0.39 is 4.92 Å². The monoisotopic (exact) mass is 288 g/mol. The summed E-state index contributed by atoms with van der Waals surface area (Å²) < 4.78 is 5.20. The molecule has 2 N–H and O–H groups in total. The lowest BCUT2D eigenvalue weighted by Crippen LogP contribution is -2.13. The van der Waals surface area contributed by atoms with E-state index in [1.54, 1.807) is 18.2 Å². The first kappa shape index (κ1) is 14.8. The largest absolute Gasteiger partial charge is 0.508 e. The number of ether oxygens (including phenoxy) is 1. The van der Waals surface area contributed by atoms with Crippen molar-refractivity contribution in [2.75, 3.05) is 7.11 Å². The predicted molar refractivity (Wildman–Crippen MR) is 78.3 cm³/mol. The molecule has 110 valence electrons. The molecular formula is C15H16N2O4. The molecule has 0 aliphatic carbocycles. The molecule has 6 heteroatoms. The zero-order valence-corrected chi connectivity index (χ0v) is 11.6. The first-order valence-corrected chi connectivity index (χ1v) is 6.40. The van der Waals surface area contributed by atoms with Crippen molar-refractivity contribution in [3.05, 3.63) is 63.7 Å². The van der Waals surface area contributed by atoms with Gasteiger partial charge in [-0.05, 0) is 23.8 Å². The Morgan fingerprint density at radius 2 is 1.90 bits per heavy atom. The van der Waals surface area contributed by atoms with Gasteiger partial charge in [0.05, 0.1) is 12.0 Å². The van der Waals surface area contributed by atoms with Crippen LogP contribution in [0.4, 0.5) is 5.69 Å². The maximum atomic E-state index is 10.8. The summed E-state index contributed by atoms with van der Waals surface area (Å²) in [6, 6.07) is 11.4. The second kappa shape index (κ2) is 6.71. The number of phenols is 1.